The molecule has 1 aliphatic carbocycles. The van der Waals surface area contributed by atoms with Crippen LogP contribution in [0.3, 0.4) is 0 Å². The minimum Gasteiger partial charge on any atom is -0.383 e. The molecule has 0 heterocycles. The number of rotatable bonds is 7. The fourth-order valence-corrected chi connectivity index (χ4v) is 2.79. The fourth-order valence-electron chi connectivity index (χ4n) is 2.44. The molecule has 17 heavy (non-hydrogen) atoms. The quantitative estimate of drug-likeness (QED) is 0.735. The van der Waals surface area contributed by atoms with Crippen LogP contribution in [0.1, 0.15) is 44.9 Å². The molecule has 0 radical (unpaired) electrons. The summed E-state index contributed by atoms with van der Waals surface area (Å²) in [7, 11) is 1.66. The number of nitrogens with one attached hydrogen (secondary N) is 1. The molecule has 1 unspecified atom stereocenters. The second kappa shape index (κ2) is 8.92. The molecule has 1 saturated carbocycles. The van der Waals surface area contributed by atoms with Gasteiger partial charge in [-0.15, -0.1) is 0 Å². The van der Waals surface area contributed by atoms with Crippen molar-refractivity contribution in [2.75, 3.05) is 19.0 Å². The normalized spacial score (nSPS) is 18.9. The smallest absolute Gasteiger partial charge is 0.220 e. The molecular formula is C13H24BrNO2. The van der Waals surface area contributed by atoms with Gasteiger partial charge in [0.15, 0.2) is 0 Å². The summed E-state index contributed by atoms with van der Waals surface area (Å²) in [5.74, 6) is 0.941. The molecule has 0 spiro atoms. The number of alkyl halides is 1. The van der Waals surface area contributed by atoms with Crippen molar-refractivity contribution < 1.29 is 9.53 Å². The van der Waals surface area contributed by atoms with Gasteiger partial charge in [-0.2, -0.15) is 0 Å². The van der Waals surface area contributed by atoms with Gasteiger partial charge in [0.1, 0.15) is 0 Å². The molecule has 0 aliphatic heterocycles. The molecule has 1 N–H and O–H groups in total. The molecule has 0 saturated heterocycles. The van der Waals surface area contributed by atoms with Gasteiger partial charge >= 0.3 is 0 Å². The Bertz CT molecular complexity index is 217. The zero-order valence-electron chi connectivity index (χ0n) is 10.7. The lowest BCUT2D eigenvalue weighted by molar-refractivity contribution is -0.122. The highest BCUT2D eigenvalue weighted by Crippen LogP contribution is 2.27. The van der Waals surface area contributed by atoms with Gasteiger partial charge in [0, 0.05) is 18.9 Å². The van der Waals surface area contributed by atoms with Crippen molar-refractivity contribution in [2.24, 2.45) is 5.92 Å². The fraction of sp³-hybridized carbons (Fsp3) is 0.923. The van der Waals surface area contributed by atoms with E-state index in [0.717, 1.165) is 17.7 Å². The summed E-state index contributed by atoms with van der Waals surface area (Å²) < 4.78 is 5.05. The highest BCUT2D eigenvalue weighted by Gasteiger charge is 2.16. The molecule has 1 rings (SSSR count). The van der Waals surface area contributed by atoms with Crippen LogP contribution in [-0.2, 0) is 9.53 Å². The van der Waals surface area contributed by atoms with Crippen molar-refractivity contribution in [1.82, 2.24) is 5.32 Å². The molecule has 1 atom stereocenters. The predicted octanol–water partition coefficient (Wildman–Crippen LogP) is 2.87. The Kier molecular flexibility index (Phi) is 7.86. The molecule has 0 bridgehead atoms. The van der Waals surface area contributed by atoms with Crippen LogP contribution < -0.4 is 5.32 Å². The summed E-state index contributed by atoms with van der Waals surface area (Å²) >= 11 is 3.38. The van der Waals surface area contributed by atoms with E-state index in [1.54, 1.807) is 7.11 Å². The number of hydrogen-bond acceptors (Lipinski definition) is 2. The van der Waals surface area contributed by atoms with Gasteiger partial charge in [-0.3, -0.25) is 4.79 Å². The Hall–Kier alpha value is -0.0900. The van der Waals surface area contributed by atoms with Gasteiger partial charge in [0.05, 0.1) is 12.6 Å². The van der Waals surface area contributed by atoms with Crippen LogP contribution in [0.15, 0.2) is 0 Å². The van der Waals surface area contributed by atoms with Gasteiger partial charge in [0.25, 0.3) is 0 Å². The van der Waals surface area contributed by atoms with E-state index >= 15 is 0 Å². The Morgan fingerprint density at radius 1 is 1.41 bits per heavy atom. The van der Waals surface area contributed by atoms with Crippen LogP contribution in [0.25, 0.3) is 0 Å². The van der Waals surface area contributed by atoms with E-state index in [9.17, 15) is 4.79 Å². The van der Waals surface area contributed by atoms with Gasteiger partial charge in [0.2, 0.25) is 5.91 Å². The molecule has 0 aromatic carbocycles. The van der Waals surface area contributed by atoms with Crippen molar-refractivity contribution >= 4 is 21.8 Å². The highest BCUT2D eigenvalue weighted by atomic mass is 79.9. The van der Waals surface area contributed by atoms with Crippen LogP contribution in [0, 0.1) is 5.92 Å². The maximum absolute atomic E-state index is 11.7. The van der Waals surface area contributed by atoms with Crippen molar-refractivity contribution in [3.63, 3.8) is 0 Å². The molecule has 3 nitrogen and oxygen atoms in total. The third-order valence-electron chi connectivity index (χ3n) is 3.42. The monoisotopic (exact) mass is 305 g/mol. The summed E-state index contributed by atoms with van der Waals surface area (Å²) in [5.41, 5.74) is 0. The van der Waals surface area contributed by atoms with E-state index in [-0.39, 0.29) is 11.9 Å². The molecular weight excluding hydrogens is 282 g/mol. The van der Waals surface area contributed by atoms with Crippen molar-refractivity contribution in [3.8, 4) is 0 Å². The second-order valence-corrected chi connectivity index (χ2v) is 5.56. The SMILES string of the molecule is COCC(CBr)NC(=O)CCC1CCCCC1. The first-order chi connectivity index (χ1) is 8.26. The Labute approximate surface area is 113 Å². The lowest BCUT2D eigenvalue weighted by atomic mass is 9.86. The standard InChI is InChI=1S/C13H24BrNO2/c1-17-10-12(9-14)15-13(16)8-7-11-5-3-2-4-6-11/h11-12H,2-10H2,1H3,(H,15,16). The minimum atomic E-state index is 0.0962. The van der Waals surface area contributed by atoms with E-state index < -0.39 is 0 Å². The zero-order chi connectivity index (χ0) is 12.5. The summed E-state index contributed by atoms with van der Waals surface area (Å²) in [4.78, 5) is 11.7. The molecule has 100 valence electrons. The second-order valence-electron chi connectivity index (χ2n) is 4.92. The topological polar surface area (TPSA) is 38.3 Å². The molecule has 0 aromatic heterocycles. The van der Waals surface area contributed by atoms with E-state index in [2.05, 4.69) is 21.2 Å². The number of hydrogen-bond donors (Lipinski definition) is 1. The number of methoxy groups -OCH3 is 1. The van der Waals surface area contributed by atoms with Crippen molar-refractivity contribution in [2.45, 2.75) is 51.0 Å². The van der Waals surface area contributed by atoms with E-state index in [4.69, 9.17) is 4.74 Å². The maximum Gasteiger partial charge on any atom is 0.220 e. The number of halogens is 1. The molecule has 4 heteroatoms. The van der Waals surface area contributed by atoms with E-state index in [1.807, 2.05) is 0 Å². The maximum atomic E-state index is 11.7. The van der Waals surface area contributed by atoms with Gasteiger partial charge in [-0.1, -0.05) is 48.0 Å². The molecule has 1 amide bonds. The summed E-state index contributed by atoms with van der Waals surface area (Å²) in [6.45, 7) is 0.570. The van der Waals surface area contributed by atoms with Gasteiger partial charge < -0.3 is 10.1 Å². The summed E-state index contributed by atoms with van der Waals surface area (Å²) in [6.07, 6.45) is 8.41. The van der Waals surface area contributed by atoms with Gasteiger partial charge in [-0.05, 0) is 12.3 Å². The summed E-state index contributed by atoms with van der Waals surface area (Å²) in [6, 6.07) is 0.0962. The number of carbonyl (C=O) groups excluding carboxylic acids is 1. The first kappa shape index (κ1) is 15.0. The molecule has 0 aromatic rings. The third-order valence-corrected chi connectivity index (χ3v) is 4.21. The third kappa shape index (κ3) is 6.41. The van der Waals surface area contributed by atoms with E-state index in [1.165, 1.54) is 32.1 Å². The number of amides is 1. The molecule has 1 aliphatic rings. The van der Waals surface area contributed by atoms with Gasteiger partial charge in [-0.25, -0.2) is 0 Å². The Morgan fingerprint density at radius 2 is 2.12 bits per heavy atom. The predicted molar refractivity (Wildman–Crippen MR) is 73.4 cm³/mol. The lowest BCUT2D eigenvalue weighted by Gasteiger charge is -2.21. The van der Waals surface area contributed by atoms with Crippen LogP contribution in [0.2, 0.25) is 0 Å². The average molecular weight is 306 g/mol. The number of ether oxygens (including phenoxy) is 1. The van der Waals surface area contributed by atoms with Crippen LogP contribution in [0.4, 0.5) is 0 Å². The van der Waals surface area contributed by atoms with E-state index in [0.29, 0.717) is 13.0 Å². The zero-order valence-corrected chi connectivity index (χ0v) is 12.3. The first-order valence-electron chi connectivity index (χ1n) is 6.60. The number of carbonyl (C=O) groups is 1. The first-order valence-corrected chi connectivity index (χ1v) is 7.72. The van der Waals surface area contributed by atoms with Crippen LogP contribution in [-0.4, -0.2) is 31.0 Å². The van der Waals surface area contributed by atoms with Crippen LogP contribution >= 0.6 is 15.9 Å². The highest BCUT2D eigenvalue weighted by molar-refractivity contribution is 9.09. The summed E-state index contributed by atoms with van der Waals surface area (Å²) in [5, 5.41) is 3.74. The minimum absolute atomic E-state index is 0.0962. The largest absolute Gasteiger partial charge is 0.383 e. The van der Waals surface area contributed by atoms with Crippen molar-refractivity contribution in [3.05, 3.63) is 0 Å². The molecule has 1 fully saturated rings. The van der Waals surface area contributed by atoms with Crippen LogP contribution in [0.5, 0.6) is 0 Å². The Morgan fingerprint density at radius 3 is 2.71 bits per heavy atom. The Balaban J connectivity index is 2.14. The van der Waals surface area contributed by atoms with Crippen molar-refractivity contribution in [1.29, 1.82) is 0 Å². The lowest BCUT2D eigenvalue weighted by Crippen LogP contribution is -2.39. The average Bonchev–Trinajstić information content (AvgIpc) is 2.37.